The second kappa shape index (κ2) is 4.38. The number of aryl methyl sites for hydroxylation is 1. The largest absolute Gasteiger partial charge is 0.454 e. The quantitative estimate of drug-likeness (QED) is 0.770. The third-order valence-electron chi connectivity index (χ3n) is 3.24. The van der Waals surface area contributed by atoms with Crippen molar-refractivity contribution in [2.24, 2.45) is 0 Å². The summed E-state index contributed by atoms with van der Waals surface area (Å²) in [6.07, 6.45) is 0. The van der Waals surface area contributed by atoms with Crippen LogP contribution in [0.5, 0.6) is 11.5 Å². The maximum atomic E-state index is 5.38. The summed E-state index contributed by atoms with van der Waals surface area (Å²) in [5.74, 6) is 1.56. The lowest BCUT2D eigenvalue weighted by molar-refractivity contribution is 0.174. The van der Waals surface area contributed by atoms with Crippen LogP contribution in [0.3, 0.4) is 0 Å². The van der Waals surface area contributed by atoms with Gasteiger partial charge in [-0.3, -0.25) is 0 Å². The first-order valence-corrected chi connectivity index (χ1v) is 7.14. The molecule has 20 heavy (non-hydrogen) atoms. The van der Waals surface area contributed by atoms with Crippen LogP contribution in [-0.4, -0.2) is 11.8 Å². The van der Waals surface area contributed by atoms with E-state index in [1.54, 1.807) is 11.3 Å². The van der Waals surface area contributed by atoms with Crippen LogP contribution in [-0.2, 0) is 0 Å². The van der Waals surface area contributed by atoms with Crippen LogP contribution < -0.4 is 14.8 Å². The molecule has 1 aromatic heterocycles. The molecular formula is C15H12N2O2S. The Labute approximate surface area is 120 Å². The van der Waals surface area contributed by atoms with Gasteiger partial charge in [0.1, 0.15) is 0 Å². The zero-order valence-electron chi connectivity index (χ0n) is 10.8. The molecule has 100 valence electrons. The van der Waals surface area contributed by atoms with Gasteiger partial charge in [0.05, 0.1) is 10.2 Å². The summed E-state index contributed by atoms with van der Waals surface area (Å²) in [5, 5.41) is 4.20. The molecule has 0 saturated carbocycles. The number of hydrogen-bond acceptors (Lipinski definition) is 5. The summed E-state index contributed by atoms with van der Waals surface area (Å²) in [5.41, 5.74) is 3.20. The molecule has 0 atom stereocenters. The van der Waals surface area contributed by atoms with Crippen molar-refractivity contribution in [2.75, 3.05) is 12.1 Å². The first kappa shape index (κ1) is 11.5. The lowest BCUT2D eigenvalue weighted by Crippen LogP contribution is -1.93. The fourth-order valence-electron chi connectivity index (χ4n) is 2.24. The Morgan fingerprint density at radius 3 is 2.95 bits per heavy atom. The van der Waals surface area contributed by atoms with E-state index in [0.717, 1.165) is 27.8 Å². The van der Waals surface area contributed by atoms with Crippen LogP contribution in [0.2, 0.25) is 0 Å². The van der Waals surface area contributed by atoms with Gasteiger partial charge in [0, 0.05) is 11.8 Å². The highest BCUT2D eigenvalue weighted by atomic mass is 32.1. The molecule has 2 aromatic carbocycles. The number of benzene rings is 2. The normalized spacial score (nSPS) is 12.8. The zero-order chi connectivity index (χ0) is 13.5. The number of nitrogens with zero attached hydrogens (tertiary/aromatic N) is 1. The third-order valence-corrected chi connectivity index (χ3v) is 4.18. The molecular weight excluding hydrogens is 272 g/mol. The summed E-state index contributed by atoms with van der Waals surface area (Å²) >= 11 is 1.65. The third kappa shape index (κ3) is 1.87. The number of rotatable bonds is 2. The summed E-state index contributed by atoms with van der Waals surface area (Å²) in [6, 6.07) is 12.0. The van der Waals surface area contributed by atoms with Crippen molar-refractivity contribution in [3.8, 4) is 11.5 Å². The van der Waals surface area contributed by atoms with Gasteiger partial charge in [-0.2, -0.15) is 0 Å². The van der Waals surface area contributed by atoms with Crippen LogP contribution in [0, 0.1) is 6.92 Å². The second-order valence-electron chi connectivity index (χ2n) is 4.63. The number of fused-ring (bicyclic) bond motifs is 2. The Kier molecular flexibility index (Phi) is 2.53. The van der Waals surface area contributed by atoms with Crippen LogP contribution in [0.25, 0.3) is 10.2 Å². The summed E-state index contributed by atoms with van der Waals surface area (Å²) in [4.78, 5) is 4.64. The Hall–Kier alpha value is -2.27. The number of para-hydroxylation sites is 1. The van der Waals surface area contributed by atoms with Crippen molar-refractivity contribution in [3.05, 3.63) is 42.0 Å². The minimum absolute atomic E-state index is 0.291. The molecule has 4 rings (SSSR count). The van der Waals surface area contributed by atoms with E-state index in [2.05, 4.69) is 35.4 Å². The van der Waals surface area contributed by atoms with E-state index in [9.17, 15) is 0 Å². The van der Waals surface area contributed by atoms with Gasteiger partial charge < -0.3 is 14.8 Å². The van der Waals surface area contributed by atoms with E-state index in [1.807, 2.05) is 18.2 Å². The molecule has 0 saturated heterocycles. The van der Waals surface area contributed by atoms with E-state index in [-0.39, 0.29) is 0 Å². The number of aromatic nitrogens is 1. The summed E-state index contributed by atoms with van der Waals surface area (Å²) in [7, 11) is 0. The van der Waals surface area contributed by atoms with Gasteiger partial charge >= 0.3 is 0 Å². The predicted molar refractivity (Wildman–Crippen MR) is 80.2 cm³/mol. The summed E-state index contributed by atoms with van der Waals surface area (Å²) < 4.78 is 11.9. The molecule has 3 aromatic rings. The first-order chi connectivity index (χ1) is 9.79. The van der Waals surface area contributed by atoms with Gasteiger partial charge in [0.2, 0.25) is 6.79 Å². The molecule has 4 nitrogen and oxygen atoms in total. The number of anilines is 2. The molecule has 1 N–H and O–H groups in total. The molecule has 0 bridgehead atoms. The average Bonchev–Trinajstić information content (AvgIpc) is 3.05. The second-order valence-corrected chi connectivity index (χ2v) is 5.66. The van der Waals surface area contributed by atoms with Crippen LogP contribution in [0.1, 0.15) is 5.56 Å². The first-order valence-electron chi connectivity index (χ1n) is 6.32. The number of hydrogen-bond donors (Lipinski definition) is 1. The van der Waals surface area contributed by atoms with Crippen molar-refractivity contribution < 1.29 is 9.47 Å². The monoisotopic (exact) mass is 284 g/mol. The van der Waals surface area contributed by atoms with Gasteiger partial charge in [0.15, 0.2) is 16.6 Å². The Bertz CT molecular complexity index is 798. The van der Waals surface area contributed by atoms with Crippen molar-refractivity contribution in [3.63, 3.8) is 0 Å². The minimum atomic E-state index is 0.291. The van der Waals surface area contributed by atoms with Crippen molar-refractivity contribution >= 4 is 32.4 Å². The Morgan fingerprint density at radius 2 is 2.05 bits per heavy atom. The van der Waals surface area contributed by atoms with Crippen molar-refractivity contribution in [1.29, 1.82) is 0 Å². The van der Waals surface area contributed by atoms with Gasteiger partial charge in [-0.15, -0.1) is 0 Å². The van der Waals surface area contributed by atoms with Gasteiger partial charge in [-0.1, -0.05) is 23.5 Å². The highest BCUT2D eigenvalue weighted by molar-refractivity contribution is 7.22. The lowest BCUT2D eigenvalue weighted by atomic mass is 10.2. The van der Waals surface area contributed by atoms with E-state index >= 15 is 0 Å². The smallest absolute Gasteiger partial charge is 0.231 e. The van der Waals surface area contributed by atoms with E-state index in [4.69, 9.17) is 9.47 Å². The zero-order valence-corrected chi connectivity index (χ0v) is 11.7. The molecule has 0 radical (unpaired) electrons. The lowest BCUT2D eigenvalue weighted by Gasteiger charge is -2.03. The average molecular weight is 284 g/mol. The molecule has 1 aliphatic heterocycles. The Morgan fingerprint density at radius 1 is 1.15 bits per heavy atom. The molecule has 1 aliphatic rings. The van der Waals surface area contributed by atoms with Crippen LogP contribution in [0.4, 0.5) is 10.8 Å². The SMILES string of the molecule is Cc1cccc2sc(Nc3ccc4c(c3)OCO4)nc12. The number of nitrogens with one attached hydrogen (secondary N) is 1. The molecule has 2 heterocycles. The fourth-order valence-corrected chi connectivity index (χ4v) is 3.20. The van der Waals surface area contributed by atoms with Crippen LogP contribution in [0.15, 0.2) is 36.4 Å². The van der Waals surface area contributed by atoms with Gasteiger partial charge in [0.25, 0.3) is 0 Å². The van der Waals surface area contributed by atoms with Crippen molar-refractivity contribution in [1.82, 2.24) is 4.98 Å². The highest BCUT2D eigenvalue weighted by Gasteiger charge is 2.14. The topological polar surface area (TPSA) is 43.4 Å². The van der Waals surface area contributed by atoms with E-state index in [0.29, 0.717) is 6.79 Å². The Balaban J connectivity index is 1.69. The number of ether oxygens (including phenoxy) is 2. The van der Waals surface area contributed by atoms with E-state index < -0.39 is 0 Å². The fraction of sp³-hybridized carbons (Fsp3) is 0.133. The molecule has 0 amide bonds. The molecule has 5 heteroatoms. The highest BCUT2D eigenvalue weighted by Crippen LogP contribution is 2.36. The minimum Gasteiger partial charge on any atom is -0.454 e. The predicted octanol–water partition coefficient (Wildman–Crippen LogP) is 4.08. The molecule has 0 fully saturated rings. The number of thiazole rings is 1. The molecule has 0 aliphatic carbocycles. The molecule has 0 unspecified atom stereocenters. The van der Waals surface area contributed by atoms with Gasteiger partial charge in [-0.05, 0) is 30.7 Å². The van der Waals surface area contributed by atoms with Crippen LogP contribution >= 0.6 is 11.3 Å². The summed E-state index contributed by atoms with van der Waals surface area (Å²) in [6.45, 7) is 2.37. The maximum absolute atomic E-state index is 5.38. The van der Waals surface area contributed by atoms with E-state index in [1.165, 1.54) is 10.3 Å². The molecule has 0 spiro atoms. The van der Waals surface area contributed by atoms with Gasteiger partial charge in [-0.25, -0.2) is 4.98 Å². The standard InChI is InChI=1S/C15H12N2O2S/c1-9-3-2-4-13-14(9)17-15(20-13)16-10-5-6-11-12(7-10)19-8-18-11/h2-7H,8H2,1H3,(H,16,17). The maximum Gasteiger partial charge on any atom is 0.231 e. The van der Waals surface area contributed by atoms with Crippen molar-refractivity contribution in [2.45, 2.75) is 6.92 Å².